The van der Waals surface area contributed by atoms with E-state index < -0.39 is 0 Å². The number of carbonyl (C=O) groups is 2. The molecule has 4 heteroatoms. The molecule has 0 radical (unpaired) electrons. The van der Waals surface area contributed by atoms with Crippen LogP contribution in [-0.2, 0) is 25.7 Å². The highest BCUT2D eigenvalue weighted by atomic mass is 16.1. The van der Waals surface area contributed by atoms with Crippen molar-refractivity contribution >= 4 is 12.6 Å². The molecule has 0 fully saturated rings. The second kappa shape index (κ2) is 6.77. The first kappa shape index (κ1) is 16.3. The standard InChI is InChI=1S/C18H24N2O2/c1-5-11-13(7-3)17(19-15(11)9-21)18-14(8-4)12(6-2)16(10-22)20-18/h9-10,19-20H,5-8H2,1-4H3. The Kier molecular flexibility index (Phi) is 5.01. The average Bonchev–Trinajstić information content (AvgIpc) is 3.10. The number of aromatic nitrogens is 2. The molecule has 0 aliphatic heterocycles. The summed E-state index contributed by atoms with van der Waals surface area (Å²) >= 11 is 0. The van der Waals surface area contributed by atoms with E-state index in [2.05, 4.69) is 37.7 Å². The molecule has 0 saturated carbocycles. The van der Waals surface area contributed by atoms with E-state index in [4.69, 9.17) is 0 Å². The Bertz CT molecular complexity index is 632. The summed E-state index contributed by atoms with van der Waals surface area (Å²) in [6, 6.07) is 0. The number of H-pyrrole nitrogens is 2. The van der Waals surface area contributed by atoms with Gasteiger partial charge in [0, 0.05) is 0 Å². The van der Waals surface area contributed by atoms with E-state index in [9.17, 15) is 9.59 Å². The Morgan fingerprint density at radius 2 is 0.955 bits per heavy atom. The topological polar surface area (TPSA) is 65.7 Å². The maximum absolute atomic E-state index is 11.3. The summed E-state index contributed by atoms with van der Waals surface area (Å²) in [6.45, 7) is 8.30. The summed E-state index contributed by atoms with van der Waals surface area (Å²) in [6.07, 6.45) is 5.11. The van der Waals surface area contributed by atoms with Crippen LogP contribution in [0.3, 0.4) is 0 Å². The van der Waals surface area contributed by atoms with Gasteiger partial charge in [-0.2, -0.15) is 0 Å². The van der Waals surface area contributed by atoms with Gasteiger partial charge in [0.2, 0.25) is 0 Å². The first-order valence-electron chi connectivity index (χ1n) is 8.04. The van der Waals surface area contributed by atoms with Crippen LogP contribution in [0.15, 0.2) is 0 Å². The molecule has 2 rings (SSSR count). The normalized spacial score (nSPS) is 10.9. The second-order valence-electron chi connectivity index (χ2n) is 5.39. The SMILES string of the molecule is CCc1c(C=O)[nH]c(-c2[nH]c(C=O)c(CC)c2CC)c1CC. The summed E-state index contributed by atoms with van der Waals surface area (Å²) in [5.41, 5.74) is 7.71. The predicted molar refractivity (Wildman–Crippen MR) is 88.9 cm³/mol. The maximum atomic E-state index is 11.3. The molecule has 2 heterocycles. The lowest BCUT2D eigenvalue weighted by Crippen LogP contribution is -1.93. The number of aromatic amines is 2. The van der Waals surface area contributed by atoms with E-state index in [1.54, 1.807) is 0 Å². The van der Waals surface area contributed by atoms with Crippen LogP contribution < -0.4 is 0 Å². The molecule has 0 aliphatic carbocycles. The van der Waals surface area contributed by atoms with Crippen molar-refractivity contribution in [2.75, 3.05) is 0 Å². The minimum Gasteiger partial charge on any atom is -0.351 e. The summed E-state index contributed by atoms with van der Waals surface area (Å²) in [5.74, 6) is 0. The van der Waals surface area contributed by atoms with Crippen molar-refractivity contribution in [1.82, 2.24) is 9.97 Å². The highest BCUT2D eigenvalue weighted by Gasteiger charge is 2.22. The molecule has 0 unspecified atom stereocenters. The fourth-order valence-electron chi connectivity index (χ4n) is 3.41. The molecule has 0 aliphatic rings. The highest BCUT2D eigenvalue weighted by molar-refractivity contribution is 5.84. The molecule has 2 N–H and O–H groups in total. The van der Waals surface area contributed by atoms with Gasteiger partial charge in [-0.3, -0.25) is 9.59 Å². The zero-order chi connectivity index (χ0) is 16.3. The van der Waals surface area contributed by atoms with Crippen LogP contribution >= 0.6 is 0 Å². The lowest BCUT2D eigenvalue weighted by atomic mass is 9.98. The Morgan fingerprint density at radius 1 is 0.636 bits per heavy atom. The molecule has 0 bridgehead atoms. The minimum absolute atomic E-state index is 0.650. The van der Waals surface area contributed by atoms with Crippen molar-refractivity contribution in [3.05, 3.63) is 33.6 Å². The number of hydrogen-bond acceptors (Lipinski definition) is 2. The zero-order valence-electron chi connectivity index (χ0n) is 13.8. The van der Waals surface area contributed by atoms with Gasteiger partial charge in [0.1, 0.15) is 0 Å². The van der Waals surface area contributed by atoms with Crippen LogP contribution in [0.5, 0.6) is 0 Å². The molecule has 0 saturated heterocycles. The molecule has 0 atom stereocenters. The molecule has 0 aromatic carbocycles. The van der Waals surface area contributed by atoms with Crippen LogP contribution in [0.2, 0.25) is 0 Å². The lowest BCUT2D eigenvalue weighted by Gasteiger charge is -2.06. The highest BCUT2D eigenvalue weighted by Crippen LogP contribution is 2.33. The van der Waals surface area contributed by atoms with Crippen molar-refractivity contribution < 1.29 is 9.59 Å². The van der Waals surface area contributed by atoms with E-state index >= 15 is 0 Å². The van der Waals surface area contributed by atoms with Gasteiger partial charge in [0.25, 0.3) is 0 Å². The molecule has 2 aromatic heterocycles. The van der Waals surface area contributed by atoms with E-state index in [0.29, 0.717) is 11.4 Å². The second-order valence-corrected chi connectivity index (χ2v) is 5.39. The van der Waals surface area contributed by atoms with E-state index in [1.165, 1.54) is 11.1 Å². The summed E-state index contributed by atoms with van der Waals surface area (Å²) in [5, 5.41) is 0. The number of carbonyl (C=O) groups excluding carboxylic acids is 2. The van der Waals surface area contributed by atoms with E-state index in [-0.39, 0.29) is 0 Å². The van der Waals surface area contributed by atoms with Crippen molar-refractivity contribution in [2.45, 2.75) is 53.4 Å². The summed E-state index contributed by atoms with van der Waals surface area (Å²) < 4.78 is 0. The van der Waals surface area contributed by atoms with Crippen LogP contribution in [0, 0.1) is 0 Å². The number of aldehydes is 2. The molecular weight excluding hydrogens is 276 g/mol. The Hall–Kier alpha value is -2.10. The van der Waals surface area contributed by atoms with Gasteiger partial charge >= 0.3 is 0 Å². The van der Waals surface area contributed by atoms with Crippen LogP contribution in [-0.4, -0.2) is 22.5 Å². The largest absolute Gasteiger partial charge is 0.351 e. The molecule has 0 amide bonds. The molecule has 22 heavy (non-hydrogen) atoms. The van der Waals surface area contributed by atoms with Crippen LogP contribution in [0.25, 0.3) is 11.4 Å². The van der Waals surface area contributed by atoms with E-state index in [0.717, 1.165) is 60.8 Å². The molecular formula is C18H24N2O2. The minimum atomic E-state index is 0.650. The monoisotopic (exact) mass is 300 g/mol. The van der Waals surface area contributed by atoms with Gasteiger partial charge in [-0.25, -0.2) is 0 Å². The molecule has 0 spiro atoms. The third-order valence-corrected chi connectivity index (χ3v) is 4.40. The Morgan fingerprint density at radius 3 is 1.18 bits per heavy atom. The zero-order valence-corrected chi connectivity index (χ0v) is 13.8. The smallest absolute Gasteiger partial charge is 0.166 e. The first-order chi connectivity index (χ1) is 10.7. The Balaban J connectivity index is 2.76. The summed E-state index contributed by atoms with van der Waals surface area (Å²) in [7, 11) is 0. The number of rotatable bonds is 7. The predicted octanol–water partition coefficient (Wildman–Crippen LogP) is 3.88. The van der Waals surface area contributed by atoms with Crippen LogP contribution in [0.1, 0.15) is 70.9 Å². The van der Waals surface area contributed by atoms with E-state index in [1.807, 2.05) is 0 Å². The first-order valence-corrected chi connectivity index (χ1v) is 8.04. The van der Waals surface area contributed by atoms with Gasteiger partial charge in [0.15, 0.2) is 12.6 Å². The average molecular weight is 300 g/mol. The van der Waals surface area contributed by atoms with Gasteiger partial charge in [-0.05, 0) is 47.9 Å². The third kappa shape index (κ3) is 2.43. The summed E-state index contributed by atoms with van der Waals surface area (Å²) in [4.78, 5) is 29.2. The van der Waals surface area contributed by atoms with Crippen molar-refractivity contribution in [1.29, 1.82) is 0 Å². The maximum Gasteiger partial charge on any atom is 0.166 e. The fourth-order valence-corrected chi connectivity index (χ4v) is 3.41. The van der Waals surface area contributed by atoms with Gasteiger partial charge in [-0.15, -0.1) is 0 Å². The Labute approximate surface area is 131 Å². The van der Waals surface area contributed by atoms with Crippen LogP contribution in [0.4, 0.5) is 0 Å². The number of hydrogen-bond donors (Lipinski definition) is 2. The van der Waals surface area contributed by atoms with Crippen molar-refractivity contribution in [3.8, 4) is 11.4 Å². The molecule has 118 valence electrons. The third-order valence-electron chi connectivity index (χ3n) is 4.40. The van der Waals surface area contributed by atoms with Gasteiger partial charge in [0.05, 0.1) is 22.8 Å². The van der Waals surface area contributed by atoms with Gasteiger partial charge < -0.3 is 9.97 Å². The van der Waals surface area contributed by atoms with Gasteiger partial charge in [-0.1, -0.05) is 27.7 Å². The fraction of sp³-hybridized carbons (Fsp3) is 0.444. The van der Waals surface area contributed by atoms with Crippen molar-refractivity contribution in [3.63, 3.8) is 0 Å². The lowest BCUT2D eigenvalue weighted by molar-refractivity contribution is 0.111. The molecule has 4 nitrogen and oxygen atoms in total. The number of nitrogens with one attached hydrogen (secondary N) is 2. The van der Waals surface area contributed by atoms with Crippen molar-refractivity contribution in [2.24, 2.45) is 0 Å². The quantitative estimate of drug-likeness (QED) is 0.762. The molecule has 2 aromatic rings.